The predicted molar refractivity (Wildman–Crippen MR) is 81.3 cm³/mol. The molecule has 1 heterocycles. The van der Waals surface area contributed by atoms with Gasteiger partial charge in [0.25, 0.3) is 0 Å². The minimum atomic E-state index is 0.0141. The van der Waals surface area contributed by atoms with Gasteiger partial charge in [-0.3, -0.25) is 0 Å². The largest absolute Gasteiger partial charge is 0.461 e. The van der Waals surface area contributed by atoms with Crippen molar-refractivity contribution in [2.24, 2.45) is 17.8 Å². The Hall–Kier alpha value is -0.570. The van der Waals surface area contributed by atoms with Crippen LogP contribution in [0.5, 0.6) is 0 Å². The van der Waals surface area contributed by atoms with E-state index in [1.807, 2.05) is 0 Å². The van der Waals surface area contributed by atoms with Crippen molar-refractivity contribution in [1.82, 2.24) is 0 Å². The molecule has 1 saturated heterocycles. The fourth-order valence-corrected chi connectivity index (χ4v) is 3.97. The number of carbonyl (C=O) groups is 1. The molecule has 0 amide bonds. The number of esters is 1. The number of carbonyl (C=O) groups excluding carboxylic acids is 1. The minimum Gasteiger partial charge on any atom is -0.461 e. The molecule has 0 aromatic heterocycles. The normalized spacial score (nSPS) is 33.6. The number of nitrogens with zero attached hydrogens (tertiary/aromatic N) is 1. The number of likely N-dealkylation sites (tertiary alicyclic amines) is 1. The van der Waals surface area contributed by atoms with Gasteiger partial charge < -0.3 is 9.22 Å². The van der Waals surface area contributed by atoms with Crippen LogP contribution < -0.4 is 0 Å². The van der Waals surface area contributed by atoms with Crippen molar-refractivity contribution >= 4 is 5.97 Å². The lowest BCUT2D eigenvalue weighted by Crippen LogP contribution is -2.51. The molecule has 0 aromatic carbocycles. The molecule has 2 aliphatic rings. The third kappa shape index (κ3) is 4.47. The zero-order chi connectivity index (χ0) is 14.6. The third-order valence-electron chi connectivity index (χ3n) is 5.47. The second-order valence-corrected chi connectivity index (χ2v) is 7.62. The smallest absolute Gasteiger partial charge is 0.361 e. The van der Waals surface area contributed by atoms with Gasteiger partial charge >= 0.3 is 5.97 Å². The predicted octanol–water partition coefficient (Wildman–Crippen LogP) is 3.23. The van der Waals surface area contributed by atoms with E-state index in [2.05, 4.69) is 20.9 Å². The van der Waals surface area contributed by atoms with E-state index in [0.717, 1.165) is 23.5 Å². The Morgan fingerprint density at radius 1 is 1.15 bits per heavy atom. The Morgan fingerprint density at radius 2 is 1.85 bits per heavy atom. The minimum absolute atomic E-state index is 0.0141. The van der Waals surface area contributed by atoms with Crippen LogP contribution in [0.15, 0.2) is 0 Å². The van der Waals surface area contributed by atoms with Gasteiger partial charge in [-0.1, -0.05) is 20.3 Å². The molecule has 0 unspecified atom stereocenters. The van der Waals surface area contributed by atoms with Crippen LogP contribution in [0.4, 0.5) is 0 Å². The summed E-state index contributed by atoms with van der Waals surface area (Å²) in [6.45, 7) is 8.12. The highest BCUT2D eigenvalue weighted by atomic mass is 16.5. The maximum absolute atomic E-state index is 12.1. The van der Waals surface area contributed by atoms with Gasteiger partial charge in [-0.25, -0.2) is 4.79 Å². The van der Waals surface area contributed by atoms with Gasteiger partial charge in [0.2, 0.25) is 0 Å². The van der Waals surface area contributed by atoms with Crippen molar-refractivity contribution in [1.29, 1.82) is 0 Å². The van der Waals surface area contributed by atoms with Crippen molar-refractivity contribution in [3.63, 3.8) is 0 Å². The number of rotatable bonds is 4. The SMILES string of the molecule is C[C@H]1CC[C@@H](COC(=O)C[N+]2(C)CCCCC2)[C@@H](C)C1. The Bertz CT molecular complexity index is 323. The molecule has 0 aromatic rings. The Morgan fingerprint density at radius 3 is 2.50 bits per heavy atom. The van der Waals surface area contributed by atoms with Crippen LogP contribution in [0, 0.1) is 17.8 Å². The molecule has 20 heavy (non-hydrogen) atoms. The topological polar surface area (TPSA) is 26.3 Å². The monoisotopic (exact) mass is 282 g/mol. The molecule has 0 bridgehead atoms. The maximum Gasteiger partial charge on any atom is 0.361 e. The first-order chi connectivity index (χ1) is 9.48. The van der Waals surface area contributed by atoms with Gasteiger partial charge in [0, 0.05) is 0 Å². The van der Waals surface area contributed by atoms with Crippen molar-refractivity contribution in [2.75, 3.05) is 33.3 Å². The molecule has 2 fully saturated rings. The summed E-state index contributed by atoms with van der Waals surface area (Å²) >= 11 is 0. The van der Waals surface area contributed by atoms with E-state index in [0.29, 0.717) is 25.0 Å². The van der Waals surface area contributed by atoms with Crippen molar-refractivity contribution in [2.45, 2.75) is 52.4 Å². The molecule has 0 spiro atoms. The first-order valence-electron chi connectivity index (χ1n) is 8.48. The molecule has 0 radical (unpaired) electrons. The molecule has 1 aliphatic heterocycles. The molecule has 3 heteroatoms. The van der Waals surface area contributed by atoms with Gasteiger partial charge in [-0.05, 0) is 49.9 Å². The average molecular weight is 282 g/mol. The number of piperidine rings is 1. The lowest BCUT2D eigenvalue weighted by molar-refractivity contribution is -0.907. The van der Waals surface area contributed by atoms with Gasteiger partial charge in [0.1, 0.15) is 0 Å². The van der Waals surface area contributed by atoms with Gasteiger partial charge in [0.05, 0.1) is 26.7 Å². The first-order valence-corrected chi connectivity index (χ1v) is 8.48. The van der Waals surface area contributed by atoms with Crippen molar-refractivity contribution < 1.29 is 14.0 Å². The molecular formula is C17H32NO2+. The summed E-state index contributed by atoms with van der Waals surface area (Å²) < 4.78 is 6.49. The summed E-state index contributed by atoms with van der Waals surface area (Å²) in [7, 11) is 2.20. The van der Waals surface area contributed by atoms with E-state index in [4.69, 9.17) is 4.74 Å². The number of hydrogen-bond acceptors (Lipinski definition) is 2. The van der Waals surface area contributed by atoms with Crippen LogP contribution in [0.25, 0.3) is 0 Å². The van der Waals surface area contributed by atoms with Crippen LogP contribution in [0.3, 0.4) is 0 Å². The fraction of sp³-hybridized carbons (Fsp3) is 0.941. The van der Waals surface area contributed by atoms with E-state index >= 15 is 0 Å². The van der Waals surface area contributed by atoms with E-state index < -0.39 is 0 Å². The van der Waals surface area contributed by atoms with Crippen LogP contribution in [0.2, 0.25) is 0 Å². The fourth-order valence-electron chi connectivity index (χ4n) is 3.97. The summed E-state index contributed by atoms with van der Waals surface area (Å²) in [4.78, 5) is 12.1. The van der Waals surface area contributed by atoms with E-state index in [1.54, 1.807) is 0 Å². The summed E-state index contributed by atoms with van der Waals surface area (Å²) in [6.07, 6.45) is 7.63. The Labute approximate surface area is 124 Å². The number of quaternary nitrogens is 1. The quantitative estimate of drug-likeness (QED) is 0.584. The van der Waals surface area contributed by atoms with Crippen molar-refractivity contribution in [3.05, 3.63) is 0 Å². The van der Waals surface area contributed by atoms with Crippen molar-refractivity contribution in [3.8, 4) is 0 Å². The molecule has 1 saturated carbocycles. The molecule has 3 nitrogen and oxygen atoms in total. The van der Waals surface area contributed by atoms with Gasteiger partial charge in [-0.15, -0.1) is 0 Å². The standard InChI is InChI=1S/C17H32NO2/c1-14-7-8-16(15(2)11-14)13-20-17(19)12-18(3)9-5-4-6-10-18/h14-16H,4-13H2,1-3H3/q+1/t14-,15-,16-/m0/s1. The highest BCUT2D eigenvalue weighted by Gasteiger charge is 2.30. The summed E-state index contributed by atoms with van der Waals surface area (Å²) in [5, 5.41) is 0. The Kier molecular flexibility index (Phi) is 5.48. The number of ether oxygens (including phenoxy) is 1. The molecule has 0 N–H and O–H groups in total. The zero-order valence-corrected chi connectivity index (χ0v) is 13.6. The van der Waals surface area contributed by atoms with Crippen LogP contribution in [0.1, 0.15) is 52.4 Å². The Balaban J connectivity index is 1.72. The second kappa shape index (κ2) is 6.93. The highest BCUT2D eigenvalue weighted by molar-refractivity contribution is 5.70. The van der Waals surface area contributed by atoms with Gasteiger partial charge in [-0.2, -0.15) is 0 Å². The van der Waals surface area contributed by atoms with Crippen LogP contribution in [-0.2, 0) is 9.53 Å². The van der Waals surface area contributed by atoms with Gasteiger partial charge in [0.15, 0.2) is 6.54 Å². The molecule has 3 atom stereocenters. The molecule has 2 rings (SSSR count). The summed E-state index contributed by atoms with van der Waals surface area (Å²) in [6, 6.07) is 0. The lowest BCUT2D eigenvalue weighted by Gasteiger charge is -2.37. The summed E-state index contributed by atoms with van der Waals surface area (Å²) in [5.74, 6) is 2.14. The zero-order valence-electron chi connectivity index (χ0n) is 13.6. The molecular weight excluding hydrogens is 250 g/mol. The second-order valence-electron chi connectivity index (χ2n) is 7.62. The van der Waals surface area contributed by atoms with E-state index in [-0.39, 0.29) is 5.97 Å². The van der Waals surface area contributed by atoms with E-state index in [9.17, 15) is 4.79 Å². The average Bonchev–Trinajstić information content (AvgIpc) is 2.38. The highest BCUT2D eigenvalue weighted by Crippen LogP contribution is 2.33. The first kappa shape index (κ1) is 15.8. The van der Waals surface area contributed by atoms with E-state index in [1.165, 1.54) is 38.5 Å². The molecule has 1 aliphatic carbocycles. The third-order valence-corrected chi connectivity index (χ3v) is 5.47. The lowest BCUT2D eigenvalue weighted by atomic mass is 9.76. The van der Waals surface area contributed by atoms with Crippen LogP contribution >= 0.6 is 0 Å². The number of likely N-dealkylation sites (N-methyl/N-ethyl adjacent to an activating group) is 1. The number of hydrogen-bond donors (Lipinski definition) is 0. The van der Waals surface area contributed by atoms with Crippen LogP contribution in [-0.4, -0.2) is 43.7 Å². The maximum atomic E-state index is 12.1. The summed E-state index contributed by atoms with van der Waals surface area (Å²) in [5.41, 5.74) is 0. The molecule has 116 valence electrons.